The zero-order valence-corrected chi connectivity index (χ0v) is 10.4. The van der Waals surface area contributed by atoms with Crippen molar-refractivity contribution in [3.63, 3.8) is 0 Å². The third-order valence-electron chi connectivity index (χ3n) is 2.21. The SMILES string of the molecule is Fc1cccc(Oc2c(F)cccc2CBr)c1. The Balaban J connectivity index is 2.35. The lowest BCUT2D eigenvalue weighted by Crippen LogP contribution is -1.93. The van der Waals surface area contributed by atoms with Crippen LogP contribution in [0.1, 0.15) is 5.56 Å². The van der Waals surface area contributed by atoms with E-state index in [1.807, 2.05) is 0 Å². The van der Waals surface area contributed by atoms with Crippen molar-refractivity contribution in [2.45, 2.75) is 5.33 Å². The van der Waals surface area contributed by atoms with Gasteiger partial charge in [0.2, 0.25) is 0 Å². The van der Waals surface area contributed by atoms with Crippen LogP contribution in [0.5, 0.6) is 11.5 Å². The molecule has 0 saturated carbocycles. The Morgan fingerprint density at radius 1 is 1.06 bits per heavy atom. The summed E-state index contributed by atoms with van der Waals surface area (Å²) >= 11 is 3.25. The first-order chi connectivity index (χ1) is 8.20. The third-order valence-corrected chi connectivity index (χ3v) is 2.81. The maximum Gasteiger partial charge on any atom is 0.167 e. The van der Waals surface area contributed by atoms with Crippen LogP contribution in [0.4, 0.5) is 8.78 Å². The minimum atomic E-state index is -0.466. The Morgan fingerprint density at radius 3 is 2.53 bits per heavy atom. The van der Waals surface area contributed by atoms with Crippen LogP contribution in [0.2, 0.25) is 0 Å². The number of halogens is 3. The molecule has 0 spiro atoms. The highest BCUT2D eigenvalue weighted by Crippen LogP contribution is 2.29. The average Bonchev–Trinajstić information content (AvgIpc) is 2.32. The molecule has 0 aromatic heterocycles. The van der Waals surface area contributed by atoms with Gasteiger partial charge in [-0.05, 0) is 18.2 Å². The molecule has 0 atom stereocenters. The highest BCUT2D eigenvalue weighted by molar-refractivity contribution is 9.08. The van der Waals surface area contributed by atoms with Gasteiger partial charge in [-0.1, -0.05) is 34.1 Å². The molecule has 4 heteroatoms. The van der Waals surface area contributed by atoms with Crippen LogP contribution >= 0.6 is 15.9 Å². The monoisotopic (exact) mass is 298 g/mol. The van der Waals surface area contributed by atoms with Crippen LogP contribution < -0.4 is 4.74 Å². The van der Waals surface area contributed by atoms with Crippen molar-refractivity contribution in [3.05, 3.63) is 59.7 Å². The first-order valence-corrected chi connectivity index (χ1v) is 6.09. The molecule has 0 unspecified atom stereocenters. The van der Waals surface area contributed by atoms with Gasteiger partial charge in [0, 0.05) is 17.0 Å². The molecule has 1 nitrogen and oxygen atoms in total. The quantitative estimate of drug-likeness (QED) is 0.749. The zero-order chi connectivity index (χ0) is 12.3. The van der Waals surface area contributed by atoms with E-state index in [0.29, 0.717) is 10.9 Å². The summed E-state index contributed by atoms with van der Waals surface area (Å²) in [5, 5.41) is 0.468. The first kappa shape index (κ1) is 12.0. The van der Waals surface area contributed by atoms with Crippen LogP contribution in [0, 0.1) is 11.6 Å². The van der Waals surface area contributed by atoms with Gasteiger partial charge in [0.1, 0.15) is 11.6 Å². The largest absolute Gasteiger partial charge is 0.454 e. The molecule has 0 saturated heterocycles. The highest BCUT2D eigenvalue weighted by Gasteiger charge is 2.10. The summed E-state index contributed by atoms with van der Waals surface area (Å²) in [6.07, 6.45) is 0. The average molecular weight is 299 g/mol. The lowest BCUT2D eigenvalue weighted by Gasteiger charge is -2.10. The van der Waals surface area contributed by atoms with Gasteiger partial charge in [-0.25, -0.2) is 8.78 Å². The fraction of sp³-hybridized carbons (Fsp3) is 0.0769. The van der Waals surface area contributed by atoms with Crippen molar-refractivity contribution in [3.8, 4) is 11.5 Å². The second kappa shape index (κ2) is 5.27. The van der Waals surface area contributed by atoms with Gasteiger partial charge in [-0.15, -0.1) is 0 Å². The molecule has 0 radical (unpaired) electrons. The summed E-state index contributed by atoms with van der Waals surface area (Å²) in [6, 6.07) is 10.3. The maximum absolute atomic E-state index is 13.6. The fourth-order valence-corrected chi connectivity index (χ4v) is 1.86. The molecule has 2 rings (SSSR count). The van der Waals surface area contributed by atoms with E-state index in [1.165, 1.54) is 24.3 Å². The second-order valence-electron chi connectivity index (χ2n) is 3.42. The fourth-order valence-electron chi connectivity index (χ4n) is 1.42. The molecule has 0 fully saturated rings. The Morgan fingerprint density at radius 2 is 1.82 bits per heavy atom. The molecular formula is C13H9BrF2O. The predicted molar refractivity (Wildman–Crippen MR) is 65.5 cm³/mol. The topological polar surface area (TPSA) is 9.23 Å². The predicted octanol–water partition coefficient (Wildman–Crippen LogP) is 4.65. The molecule has 0 heterocycles. The number of rotatable bonds is 3. The highest BCUT2D eigenvalue weighted by atomic mass is 79.9. The Kier molecular flexibility index (Phi) is 3.74. The first-order valence-electron chi connectivity index (χ1n) is 4.97. The van der Waals surface area contributed by atoms with Crippen LogP contribution in [0.3, 0.4) is 0 Å². The van der Waals surface area contributed by atoms with E-state index < -0.39 is 11.6 Å². The summed E-state index contributed by atoms with van der Waals surface area (Å²) in [5.41, 5.74) is 0.675. The van der Waals surface area contributed by atoms with Crippen molar-refractivity contribution >= 4 is 15.9 Å². The minimum Gasteiger partial charge on any atom is -0.454 e. The standard InChI is InChI=1S/C13H9BrF2O/c14-8-9-3-1-6-12(16)13(9)17-11-5-2-4-10(15)7-11/h1-7H,8H2. The van der Waals surface area contributed by atoms with Gasteiger partial charge >= 0.3 is 0 Å². The molecule has 88 valence electrons. The zero-order valence-electron chi connectivity index (χ0n) is 8.79. The second-order valence-corrected chi connectivity index (χ2v) is 3.98. The number of para-hydroxylation sites is 1. The van der Waals surface area contributed by atoms with Crippen LogP contribution in [0.15, 0.2) is 42.5 Å². The number of hydrogen-bond acceptors (Lipinski definition) is 1. The van der Waals surface area contributed by atoms with Gasteiger partial charge < -0.3 is 4.74 Å². The summed E-state index contributed by atoms with van der Waals surface area (Å²) < 4.78 is 31.9. The Labute approximate surface area is 106 Å². The van der Waals surface area contributed by atoms with Crippen molar-refractivity contribution in [2.24, 2.45) is 0 Å². The lowest BCUT2D eigenvalue weighted by molar-refractivity contribution is 0.435. The molecular weight excluding hydrogens is 290 g/mol. The summed E-state index contributed by atoms with van der Waals surface area (Å²) in [4.78, 5) is 0. The molecule has 0 bridgehead atoms. The Hall–Kier alpha value is -1.42. The van der Waals surface area contributed by atoms with Crippen LogP contribution in [0.25, 0.3) is 0 Å². The molecule has 0 amide bonds. The van der Waals surface area contributed by atoms with Crippen LogP contribution in [-0.4, -0.2) is 0 Å². The maximum atomic E-state index is 13.6. The van der Waals surface area contributed by atoms with Crippen molar-refractivity contribution in [2.75, 3.05) is 0 Å². The normalized spacial score (nSPS) is 10.3. The van der Waals surface area contributed by atoms with E-state index in [9.17, 15) is 8.78 Å². The molecule has 0 aliphatic rings. The van der Waals surface area contributed by atoms with Crippen molar-refractivity contribution in [1.82, 2.24) is 0 Å². The van der Waals surface area contributed by atoms with Crippen LogP contribution in [-0.2, 0) is 5.33 Å². The number of hydrogen-bond donors (Lipinski definition) is 0. The van der Waals surface area contributed by atoms with E-state index in [4.69, 9.17) is 4.74 Å². The smallest absolute Gasteiger partial charge is 0.167 e. The molecule has 0 aliphatic carbocycles. The van der Waals surface area contributed by atoms with E-state index in [0.717, 1.165) is 0 Å². The van der Waals surface area contributed by atoms with Gasteiger partial charge in [0.15, 0.2) is 11.6 Å². The van der Waals surface area contributed by atoms with Gasteiger partial charge in [-0.2, -0.15) is 0 Å². The molecule has 17 heavy (non-hydrogen) atoms. The van der Waals surface area contributed by atoms with E-state index in [-0.39, 0.29) is 11.5 Å². The molecule has 2 aromatic carbocycles. The van der Waals surface area contributed by atoms with Gasteiger partial charge in [0.05, 0.1) is 0 Å². The number of alkyl halides is 1. The summed E-state index contributed by atoms with van der Waals surface area (Å²) in [6.45, 7) is 0. The molecule has 0 aliphatic heterocycles. The van der Waals surface area contributed by atoms with E-state index in [2.05, 4.69) is 15.9 Å². The van der Waals surface area contributed by atoms with Crippen molar-refractivity contribution in [1.29, 1.82) is 0 Å². The van der Waals surface area contributed by atoms with Gasteiger partial charge in [-0.3, -0.25) is 0 Å². The number of ether oxygens (including phenoxy) is 1. The van der Waals surface area contributed by atoms with Gasteiger partial charge in [0.25, 0.3) is 0 Å². The number of benzene rings is 2. The third kappa shape index (κ3) is 2.82. The van der Waals surface area contributed by atoms with E-state index >= 15 is 0 Å². The summed E-state index contributed by atoms with van der Waals surface area (Å²) in [5.74, 6) is -0.488. The van der Waals surface area contributed by atoms with Crippen molar-refractivity contribution < 1.29 is 13.5 Å². The summed E-state index contributed by atoms with van der Waals surface area (Å²) in [7, 11) is 0. The lowest BCUT2D eigenvalue weighted by atomic mass is 10.2. The minimum absolute atomic E-state index is 0.120. The molecule has 0 N–H and O–H groups in total. The Bertz CT molecular complexity index is 529. The van der Waals surface area contributed by atoms with E-state index in [1.54, 1.807) is 18.2 Å². The molecule has 2 aromatic rings.